The predicted octanol–water partition coefficient (Wildman–Crippen LogP) is 3.87. The van der Waals surface area contributed by atoms with E-state index in [1.807, 2.05) is 6.92 Å². The molecular weight excluding hydrogens is 476 g/mol. The lowest BCUT2D eigenvalue weighted by molar-refractivity contribution is -0.130. The van der Waals surface area contributed by atoms with E-state index in [2.05, 4.69) is 4.98 Å². The smallest absolute Gasteiger partial charge is 0.264 e. The molecule has 9 heteroatoms. The molecule has 1 N–H and O–H groups in total. The molecule has 34 heavy (non-hydrogen) atoms. The molecule has 4 atom stereocenters. The lowest BCUT2D eigenvalue weighted by Gasteiger charge is -2.52. The molecule has 2 saturated carbocycles. The minimum atomic E-state index is -3.99. The van der Waals surface area contributed by atoms with Crippen LogP contribution in [0.25, 0.3) is 0 Å². The Balaban J connectivity index is 1.42. The molecule has 1 aromatic carbocycles. The van der Waals surface area contributed by atoms with Crippen molar-refractivity contribution in [1.82, 2.24) is 4.98 Å². The Morgan fingerprint density at radius 1 is 1.29 bits per heavy atom. The Hall–Kier alpha value is -2.16. The topological polar surface area (TPSA) is 96.8 Å². The lowest BCUT2D eigenvalue weighted by Crippen LogP contribution is -2.46. The van der Waals surface area contributed by atoms with Gasteiger partial charge in [0.1, 0.15) is 17.6 Å². The second-order valence-electron chi connectivity index (χ2n) is 9.78. The van der Waals surface area contributed by atoms with Crippen LogP contribution < -0.4 is 9.04 Å². The standard InChI is InChI=1S/C25H29ClN2O5S/c1-15(24-17-4-2-5-18(24)10-17)23(30)9-16-8-22-25(27-12-16)33-20(14-29)13-28(22)34(31,32)21-7-3-6-19(26)11-21/h3,6-8,11-12,15,17-18,20,24,29H,2,4-5,9-10,13-14H2,1H3/t15-,17?,18?,20-,24?/m1/s1. The quantitative estimate of drug-likeness (QED) is 0.615. The van der Waals surface area contributed by atoms with Crippen LogP contribution in [0.5, 0.6) is 5.88 Å². The monoisotopic (exact) mass is 504 g/mol. The Labute approximate surface area is 205 Å². The summed E-state index contributed by atoms with van der Waals surface area (Å²) in [5.41, 5.74) is 0.917. The Kier molecular flexibility index (Phi) is 6.33. The first kappa shape index (κ1) is 23.6. The molecule has 3 aliphatic rings. The van der Waals surface area contributed by atoms with Crippen molar-refractivity contribution in [2.24, 2.45) is 23.7 Å². The van der Waals surface area contributed by atoms with Crippen molar-refractivity contribution < 1.29 is 23.1 Å². The summed E-state index contributed by atoms with van der Waals surface area (Å²) in [4.78, 5) is 17.5. The minimum Gasteiger partial charge on any atom is -0.468 e. The normalized spacial score (nSPS) is 26.7. The van der Waals surface area contributed by atoms with E-state index in [-0.39, 0.29) is 47.7 Å². The van der Waals surface area contributed by atoms with Crippen molar-refractivity contribution in [2.75, 3.05) is 17.5 Å². The number of nitrogens with zero attached hydrogens (tertiary/aromatic N) is 2. The maximum Gasteiger partial charge on any atom is 0.264 e. The zero-order chi connectivity index (χ0) is 24.0. The number of benzene rings is 1. The van der Waals surface area contributed by atoms with Crippen LogP contribution in [0.4, 0.5) is 5.69 Å². The fraction of sp³-hybridized carbons (Fsp3) is 0.520. The number of anilines is 1. The lowest BCUT2D eigenvalue weighted by atomic mass is 9.53. The van der Waals surface area contributed by atoms with E-state index in [4.69, 9.17) is 16.3 Å². The number of aliphatic hydroxyl groups is 1. The number of pyridine rings is 1. The number of carbonyl (C=O) groups is 1. The molecule has 2 aliphatic carbocycles. The number of aliphatic hydroxyl groups excluding tert-OH is 1. The zero-order valence-corrected chi connectivity index (χ0v) is 20.6. The number of rotatable bonds is 7. The summed E-state index contributed by atoms with van der Waals surface area (Å²) in [7, 11) is -3.99. The molecular formula is C25H29ClN2O5S. The highest BCUT2D eigenvalue weighted by Gasteiger charge is 2.47. The van der Waals surface area contributed by atoms with Gasteiger partial charge in [-0.2, -0.15) is 0 Å². The summed E-state index contributed by atoms with van der Waals surface area (Å²) in [6.07, 6.45) is 5.98. The van der Waals surface area contributed by atoms with Gasteiger partial charge in [-0.05, 0) is 54.0 Å². The van der Waals surface area contributed by atoms with E-state index in [0.29, 0.717) is 28.3 Å². The van der Waals surface area contributed by atoms with Crippen molar-refractivity contribution in [3.05, 3.63) is 47.1 Å². The SMILES string of the molecule is C[C@H](C(=O)Cc1cnc2c(c1)N(S(=O)(=O)c1cccc(Cl)c1)C[C@H](CO)O2)C1C2CCCC1C2. The van der Waals surface area contributed by atoms with Gasteiger partial charge in [0.2, 0.25) is 5.88 Å². The highest BCUT2D eigenvalue weighted by atomic mass is 35.5. The number of ketones is 1. The third kappa shape index (κ3) is 4.20. The second-order valence-corrected chi connectivity index (χ2v) is 12.1. The molecule has 1 aromatic heterocycles. The number of hydrogen-bond donors (Lipinski definition) is 1. The number of sulfonamides is 1. The second kappa shape index (κ2) is 9.13. The average Bonchev–Trinajstić information content (AvgIpc) is 2.83. The van der Waals surface area contributed by atoms with Crippen molar-refractivity contribution in [3.63, 3.8) is 0 Å². The molecule has 182 valence electrons. The molecule has 0 radical (unpaired) electrons. The van der Waals surface area contributed by atoms with Gasteiger partial charge in [0.05, 0.1) is 18.0 Å². The number of aromatic nitrogens is 1. The van der Waals surface area contributed by atoms with Gasteiger partial charge < -0.3 is 9.84 Å². The minimum absolute atomic E-state index is 0.0126. The number of ether oxygens (including phenoxy) is 1. The Morgan fingerprint density at radius 2 is 2.06 bits per heavy atom. The highest BCUT2D eigenvalue weighted by molar-refractivity contribution is 7.92. The molecule has 2 bridgehead atoms. The van der Waals surface area contributed by atoms with E-state index >= 15 is 0 Å². The molecule has 2 unspecified atom stereocenters. The molecule has 2 fully saturated rings. The zero-order valence-electron chi connectivity index (χ0n) is 19.1. The van der Waals surface area contributed by atoms with Gasteiger partial charge in [0.15, 0.2) is 0 Å². The summed E-state index contributed by atoms with van der Waals surface area (Å²) in [5.74, 6) is 2.08. The van der Waals surface area contributed by atoms with Gasteiger partial charge in [-0.1, -0.05) is 43.9 Å². The molecule has 5 rings (SSSR count). The fourth-order valence-corrected chi connectivity index (χ4v) is 7.74. The number of halogens is 1. The molecule has 2 heterocycles. The van der Waals surface area contributed by atoms with Gasteiger partial charge >= 0.3 is 0 Å². The number of Topliss-reactive ketones (excluding diaryl/α,β-unsaturated/α-hetero) is 1. The van der Waals surface area contributed by atoms with Gasteiger partial charge in [0.25, 0.3) is 10.0 Å². The van der Waals surface area contributed by atoms with Crippen LogP contribution in [-0.2, 0) is 21.2 Å². The third-order valence-electron chi connectivity index (χ3n) is 7.70. The van der Waals surface area contributed by atoms with E-state index in [1.165, 1.54) is 42.1 Å². The maximum absolute atomic E-state index is 13.5. The van der Waals surface area contributed by atoms with Gasteiger partial charge in [0, 0.05) is 23.6 Å². The third-order valence-corrected chi connectivity index (χ3v) is 9.71. The highest BCUT2D eigenvalue weighted by Crippen LogP contribution is 2.54. The van der Waals surface area contributed by atoms with Gasteiger partial charge in [-0.15, -0.1) is 0 Å². The van der Waals surface area contributed by atoms with E-state index in [1.54, 1.807) is 24.4 Å². The van der Waals surface area contributed by atoms with Crippen LogP contribution in [-0.4, -0.2) is 43.5 Å². The van der Waals surface area contributed by atoms with E-state index in [0.717, 1.165) is 0 Å². The van der Waals surface area contributed by atoms with E-state index in [9.17, 15) is 18.3 Å². The molecule has 2 aromatic rings. The summed E-state index contributed by atoms with van der Waals surface area (Å²) in [6.45, 7) is 1.61. The van der Waals surface area contributed by atoms with Gasteiger partial charge in [-0.3, -0.25) is 9.10 Å². The molecule has 7 nitrogen and oxygen atoms in total. The van der Waals surface area contributed by atoms with Crippen LogP contribution in [0.2, 0.25) is 5.02 Å². The molecule has 0 saturated heterocycles. The van der Waals surface area contributed by atoms with Crippen LogP contribution in [0.1, 0.15) is 38.2 Å². The summed E-state index contributed by atoms with van der Waals surface area (Å²) < 4.78 is 33.9. The summed E-state index contributed by atoms with van der Waals surface area (Å²) in [5, 5.41) is 9.96. The number of hydrogen-bond acceptors (Lipinski definition) is 6. The first-order valence-electron chi connectivity index (χ1n) is 11.9. The summed E-state index contributed by atoms with van der Waals surface area (Å²) in [6, 6.07) is 7.71. The fourth-order valence-electron chi connectivity index (χ4n) is 5.95. The van der Waals surface area contributed by atoms with E-state index < -0.39 is 16.1 Å². The van der Waals surface area contributed by atoms with Crippen LogP contribution in [0.15, 0.2) is 41.4 Å². The molecule has 0 amide bonds. The first-order valence-corrected chi connectivity index (χ1v) is 13.7. The van der Waals surface area contributed by atoms with Crippen LogP contribution in [0.3, 0.4) is 0 Å². The van der Waals surface area contributed by atoms with Crippen LogP contribution >= 0.6 is 11.6 Å². The Morgan fingerprint density at radius 3 is 2.74 bits per heavy atom. The average molecular weight is 505 g/mol. The van der Waals surface area contributed by atoms with Crippen LogP contribution in [0, 0.1) is 23.7 Å². The largest absolute Gasteiger partial charge is 0.468 e. The van der Waals surface area contributed by atoms with Crippen molar-refractivity contribution in [2.45, 2.75) is 50.0 Å². The number of carbonyl (C=O) groups excluding carboxylic acids is 1. The van der Waals surface area contributed by atoms with Crippen molar-refractivity contribution in [3.8, 4) is 5.88 Å². The maximum atomic E-state index is 13.5. The number of fused-ring (bicyclic) bond motifs is 3. The van der Waals surface area contributed by atoms with Gasteiger partial charge in [-0.25, -0.2) is 13.4 Å². The van der Waals surface area contributed by atoms with Crippen molar-refractivity contribution >= 4 is 33.1 Å². The molecule has 1 aliphatic heterocycles. The predicted molar refractivity (Wildman–Crippen MR) is 129 cm³/mol. The Bertz CT molecular complexity index is 1190. The van der Waals surface area contributed by atoms with Crippen molar-refractivity contribution in [1.29, 1.82) is 0 Å². The summed E-state index contributed by atoms with van der Waals surface area (Å²) >= 11 is 6.04. The first-order chi connectivity index (χ1) is 16.3. The molecule has 0 spiro atoms.